The molecule has 0 radical (unpaired) electrons. The van der Waals surface area contributed by atoms with Gasteiger partial charge in [0.05, 0.1) is 45.0 Å². The van der Waals surface area contributed by atoms with Crippen LogP contribution in [0.2, 0.25) is 0 Å². The highest BCUT2D eigenvalue weighted by Gasteiger charge is 2.40. The molecule has 0 amide bonds. The highest BCUT2D eigenvalue weighted by Crippen LogP contribution is 2.40. The zero-order chi connectivity index (χ0) is 24.6. The molecule has 174 valence electrons. The van der Waals surface area contributed by atoms with Gasteiger partial charge in [-0.25, -0.2) is 4.98 Å². The zero-order valence-corrected chi connectivity index (χ0v) is 17.6. The Morgan fingerprint density at radius 2 is 1.12 bits per heavy atom. The predicted octanol–water partition coefficient (Wildman–Crippen LogP) is 6.33. The normalized spacial score (nSPS) is 12.6. The Morgan fingerprint density at radius 3 is 1.62 bits per heavy atom. The van der Waals surface area contributed by atoms with Gasteiger partial charge < -0.3 is 0 Å². The molecule has 0 fully saturated rings. The van der Waals surface area contributed by atoms with Gasteiger partial charge in [0.1, 0.15) is 0 Å². The molecule has 0 aromatic carbocycles. The summed E-state index contributed by atoms with van der Waals surface area (Å²) in [5, 5.41) is 0. The van der Waals surface area contributed by atoms with Gasteiger partial charge in [-0.3, -0.25) is 15.0 Å². The number of hydrogen-bond acceptors (Lipinski definition) is 4. The first-order valence-electron chi connectivity index (χ1n) is 9.96. The van der Waals surface area contributed by atoms with Gasteiger partial charge in [-0.15, -0.1) is 0 Å². The maximum absolute atomic E-state index is 13.5. The SMILES string of the molecule is CC(c1cc(C(F)(F)F)ccn1)(c1cc(C(F)(F)F)ccn1)c1cccc(-c2ccccn2)n1. The average molecular weight is 474 g/mol. The van der Waals surface area contributed by atoms with Crippen LogP contribution < -0.4 is 0 Å². The molecule has 0 atom stereocenters. The third kappa shape index (κ3) is 4.48. The second-order valence-electron chi connectivity index (χ2n) is 7.60. The lowest BCUT2D eigenvalue weighted by Gasteiger charge is -2.29. The van der Waals surface area contributed by atoms with Gasteiger partial charge in [0.2, 0.25) is 0 Å². The molecule has 34 heavy (non-hydrogen) atoms. The van der Waals surface area contributed by atoms with Crippen LogP contribution in [0.15, 0.2) is 79.3 Å². The fraction of sp³-hybridized carbons (Fsp3) is 0.167. The number of nitrogens with zero attached hydrogens (tertiary/aromatic N) is 4. The van der Waals surface area contributed by atoms with Crippen molar-refractivity contribution in [2.75, 3.05) is 0 Å². The maximum atomic E-state index is 13.5. The molecule has 4 rings (SSSR count). The molecule has 0 saturated carbocycles. The maximum Gasteiger partial charge on any atom is 0.416 e. The summed E-state index contributed by atoms with van der Waals surface area (Å²) in [6.07, 6.45) is -5.88. The van der Waals surface area contributed by atoms with Crippen molar-refractivity contribution in [3.05, 3.63) is 107 Å². The molecular formula is C24H16F6N4. The van der Waals surface area contributed by atoms with Crippen molar-refractivity contribution in [3.63, 3.8) is 0 Å². The van der Waals surface area contributed by atoms with E-state index in [0.717, 1.165) is 36.7 Å². The van der Waals surface area contributed by atoms with E-state index >= 15 is 0 Å². The number of rotatable bonds is 4. The molecule has 0 unspecified atom stereocenters. The van der Waals surface area contributed by atoms with Gasteiger partial charge in [0.15, 0.2) is 0 Å². The summed E-state index contributed by atoms with van der Waals surface area (Å²) in [4.78, 5) is 17.0. The van der Waals surface area contributed by atoms with E-state index in [4.69, 9.17) is 0 Å². The monoisotopic (exact) mass is 474 g/mol. The van der Waals surface area contributed by atoms with E-state index in [0.29, 0.717) is 11.4 Å². The fourth-order valence-corrected chi connectivity index (χ4v) is 3.52. The predicted molar refractivity (Wildman–Crippen MR) is 112 cm³/mol. The largest absolute Gasteiger partial charge is 0.416 e. The third-order valence-electron chi connectivity index (χ3n) is 5.39. The molecule has 0 aliphatic carbocycles. The van der Waals surface area contributed by atoms with Crippen LogP contribution in [0.4, 0.5) is 26.3 Å². The van der Waals surface area contributed by atoms with E-state index in [1.54, 1.807) is 36.5 Å². The Balaban J connectivity index is 1.98. The first kappa shape index (κ1) is 23.3. The molecule has 0 aliphatic rings. The van der Waals surface area contributed by atoms with Crippen LogP contribution in [-0.2, 0) is 17.8 Å². The molecule has 0 N–H and O–H groups in total. The summed E-state index contributed by atoms with van der Waals surface area (Å²) in [6, 6.07) is 13.1. The number of pyridine rings is 4. The summed E-state index contributed by atoms with van der Waals surface area (Å²) >= 11 is 0. The van der Waals surface area contributed by atoms with Crippen LogP contribution in [0.5, 0.6) is 0 Å². The zero-order valence-electron chi connectivity index (χ0n) is 17.6. The summed E-state index contributed by atoms with van der Waals surface area (Å²) in [5.74, 6) is 0. The minimum Gasteiger partial charge on any atom is -0.260 e. The van der Waals surface area contributed by atoms with E-state index in [2.05, 4.69) is 19.9 Å². The Labute approximate surface area is 190 Å². The summed E-state index contributed by atoms with van der Waals surface area (Å²) in [5.41, 5.74) is -2.89. The van der Waals surface area contributed by atoms with E-state index in [9.17, 15) is 26.3 Å². The topological polar surface area (TPSA) is 51.6 Å². The van der Waals surface area contributed by atoms with E-state index in [-0.39, 0.29) is 17.1 Å². The van der Waals surface area contributed by atoms with Crippen LogP contribution in [0.1, 0.15) is 35.1 Å². The Morgan fingerprint density at radius 1 is 0.559 bits per heavy atom. The first-order chi connectivity index (χ1) is 16.0. The van der Waals surface area contributed by atoms with Crippen molar-refractivity contribution >= 4 is 0 Å². The third-order valence-corrected chi connectivity index (χ3v) is 5.39. The van der Waals surface area contributed by atoms with Gasteiger partial charge >= 0.3 is 12.4 Å². The lowest BCUT2D eigenvalue weighted by Crippen LogP contribution is -2.30. The number of aromatic nitrogens is 4. The van der Waals surface area contributed by atoms with Crippen LogP contribution >= 0.6 is 0 Å². The highest BCUT2D eigenvalue weighted by molar-refractivity contribution is 5.55. The Hall–Kier alpha value is -3.82. The average Bonchev–Trinajstić information content (AvgIpc) is 2.83. The first-order valence-corrected chi connectivity index (χ1v) is 9.96. The number of alkyl halides is 6. The standard InChI is InChI=1S/C24H16F6N4/c1-22(20-13-15(8-11-32-20)23(25,26)27,21-14-16(9-12-33-21)24(28,29)30)19-7-4-6-18(34-19)17-5-2-3-10-31-17/h2-14H,1H3. The number of hydrogen-bond donors (Lipinski definition) is 0. The van der Waals surface area contributed by atoms with Crippen molar-refractivity contribution in [1.29, 1.82) is 0 Å². The molecule has 4 heterocycles. The van der Waals surface area contributed by atoms with E-state index in [1.165, 1.54) is 13.0 Å². The minimum atomic E-state index is -4.68. The van der Waals surface area contributed by atoms with Crippen LogP contribution in [0, 0.1) is 0 Å². The second-order valence-corrected chi connectivity index (χ2v) is 7.60. The van der Waals surface area contributed by atoms with Crippen molar-refractivity contribution in [2.24, 2.45) is 0 Å². The lowest BCUT2D eigenvalue weighted by atomic mass is 9.78. The van der Waals surface area contributed by atoms with E-state index < -0.39 is 28.9 Å². The fourth-order valence-electron chi connectivity index (χ4n) is 3.52. The molecule has 4 nitrogen and oxygen atoms in total. The van der Waals surface area contributed by atoms with Crippen LogP contribution in [0.3, 0.4) is 0 Å². The summed E-state index contributed by atoms with van der Waals surface area (Å²) in [6.45, 7) is 1.45. The van der Waals surface area contributed by atoms with Crippen molar-refractivity contribution < 1.29 is 26.3 Å². The lowest BCUT2D eigenvalue weighted by molar-refractivity contribution is -0.138. The molecule has 0 aliphatic heterocycles. The molecule has 4 aromatic rings. The van der Waals surface area contributed by atoms with Crippen LogP contribution in [0.25, 0.3) is 11.4 Å². The number of halogens is 6. The quantitative estimate of drug-likeness (QED) is 0.325. The van der Waals surface area contributed by atoms with Gasteiger partial charge in [-0.1, -0.05) is 12.1 Å². The molecule has 0 saturated heterocycles. The van der Waals surface area contributed by atoms with Crippen molar-refractivity contribution in [2.45, 2.75) is 24.7 Å². The Kier molecular flexibility index (Phi) is 5.84. The molecule has 0 bridgehead atoms. The van der Waals surface area contributed by atoms with Crippen molar-refractivity contribution in [1.82, 2.24) is 19.9 Å². The Bertz CT molecular complexity index is 1250. The van der Waals surface area contributed by atoms with Crippen molar-refractivity contribution in [3.8, 4) is 11.4 Å². The molecule has 4 aromatic heterocycles. The smallest absolute Gasteiger partial charge is 0.260 e. The van der Waals surface area contributed by atoms with Gasteiger partial charge in [0, 0.05) is 18.6 Å². The van der Waals surface area contributed by atoms with Gasteiger partial charge in [0.25, 0.3) is 0 Å². The van der Waals surface area contributed by atoms with E-state index in [1.807, 2.05) is 0 Å². The van der Waals surface area contributed by atoms with Crippen LogP contribution in [-0.4, -0.2) is 19.9 Å². The summed E-state index contributed by atoms with van der Waals surface area (Å²) < 4.78 is 80.7. The molecule has 10 heteroatoms. The van der Waals surface area contributed by atoms with Gasteiger partial charge in [-0.2, -0.15) is 26.3 Å². The summed E-state index contributed by atoms with van der Waals surface area (Å²) in [7, 11) is 0. The molecular weight excluding hydrogens is 458 g/mol. The molecule has 0 spiro atoms. The van der Waals surface area contributed by atoms with Gasteiger partial charge in [-0.05, 0) is 55.5 Å². The highest BCUT2D eigenvalue weighted by atomic mass is 19.4. The second kappa shape index (κ2) is 8.51. The minimum absolute atomic E-state index is 0.153.